The van der Waals surface area contributed by atoms with Gasteiger partial charge < -0.3 is 10.3 Å². The number of fused-ring (bicyclic) bond motifs is 3. The Morgan fingerprint density at radius 2 is 2.05 bits per heavy atom. The summed E-state index contributed by atoms with van der Waals surface area (Å²) in [5, 5.41) is 3.66. The van der Waals surface area contributed by atoms with Crippen LogP contribution in [-0.2, 0) is 6.54 Å². The molecule has 2 aliphatic rings. The molecule has 1 aromatic heterocycles. The molecule has 2 aliphatic heterocycles. The number of hydrogen-bond acceptors (Lipinski definition) is 4. The van der Waals surface area contributed by atoms with Crippen molar-refractivity contribution < 1.29 is 0 Å². The van der Waals surface area contributed by atoms with Crippen LogP contribution in [-0.4, -0.2) is 40.0 Å². The molecule has 0 saturated carbocycles. The first-order chi connectivity index (χ1) is 10.3. The van der Waals surface area contributed by atoms with E-state index in [-0.39, 0.29) is 5.56 Å². The smallest absolute Gasteiger partial charge is 0.271 e. The Morgan fingerprint density at radius 1 is 1.19 bits per heavy atom. The van der Waals surface area contributed by atoms with Crippen molar-refractivity contribution in [3.63, 3.8) is 0 Å². The molecule has 2 unspecified atom stereocenters. The molecule has 2 aromatic rings. The fourth-order valence-electron chi connectivity index (χ4n) is 3.55. The first kappa shape index (κ1) is 13.0. The summed E-state index contributed by atoms with van der Waals surface area (Å²) in [6, 6.07) is 8.95. The van der Waals surface area contributed by atoms with Crippen molar-refractivity contribution in [2.75, 3.05) is 13.1 Å². The molecule has 21 heavy (non-hydrogen) atoms. The van der Waals surface area contributed by atoms with Crippen LogP contribution in [0.1, 0.15) is 25.0 Å². The quantitative estimate of drug-likeness (QED) is 0.871. The number of para-hydroxylation sites is 2. The maximum absolute atomic E-state index is 12.2. The molecule has 0 radical (unpaired) electrons. The molecule has 3 heterocycles. The van der Waals surface area contributed by atoms with E-state index in [0.29, 0.717) is 24.3 Å². The molecule has 5 heteroatoms. The summed E-state index contributed by atoms with van der Waals surface area (Å²) in [5.41, 5.74) is 2.24. The predicted molar refractivity (Wildman–Crippen MR) is 82.2 cm³/mol. The molecule has 110 valence electrons. The van der Waals surface area contributed by atoms with Crippen molar-refractivity contribution in [2.45, 2.75) is 37.9 Å². The molecule has 2 fully saturated rings. The van der Waals surface area contributed by atoms with Crippen LogP contribution in [0.2, 0.25) is 0 Å². The third kappa shape index (κ3) is 2.59. The van der Waals surface area contributed by atoms with Crippen LogP contribution >= 0.6 is 0 Å². The highest BCUT2D eigenvalue weighted by Gasteiger charge is 2.29. The highest BCUT2D eigenvalue weighted by atomic mass is 16.1. The number of H-pyrrole nitrogens is 1. The summed E-state index contributed by atoms with van der Waals surface area (Å²) >= 11 is 0. The van der Waals surface area contributed by atoms with Crippen molar-refractivity contribution in [1.82, 2.24) is 20.2 Å². The zero-order chi connectivity index (χ0) is 14.2. The lowest BCUT2D eigenvalue weighted by molar-refractivity contribution is 0.247. The van der Waals surface area contributed by atoms with Crippen molar-refractivity contribution >= 4 is 11.0 Å². The van der Waals surface area contributed by atoms with Gasteiger partial charge in [-0.25, -0.2) is 4.98 Å². The minimum Gasteiger partial charge on any atom is -0.319 e. The van der Waals surface area contributed by atoms with E-state index in [1.807, 2.05) is 24.3 Å². The molecule has 2 saturated heterocycles. The standard InChI is InChI=1S/C16H20N4O/c21-16-15(18-13-3-1-2-4-14(13)19-16)10-20-8-7-11-5-6-12(9-20)17-11/h1-4,11-12,17H,5-10H2,(H,19,21). The number of hydrogen-bond donors (Lipinski definition) is 2. The van der Waals surface area contributed by atoms with Gasteiger partial charge in [-0.05, 0) is 31.4 Å². The van der Waals surface area contributed by atoms with Crippen LogP contribution < -0.4 is 10.9 Å². The summed E-state index contributed by atoms with van der Waals surface area (Å²) in [5.74, 6) is 0. The molecule has 2 N–H and O–H groups in total. The molecule has 0 aliphatic carbocycles. The van der Waals surface area contributed by atoms with Gasteiger partial charge in [0.25, 0.3) is 5.56 Å². The first-order valence-electron chi connectivity index (χ1n) is 7.74. The molecular formula is C16H20N4O. The fraction of sp³-hybridized carbons (Fsp3) is 0.500. The Hall–Kier alpha value is -1.72. The van der Waals surface area contributed by atoms with Crippen LogP contribution in [0.25, 0.3) is 11.0 Å². The lowest BCUT2D eigenvalue weighted by Crippen LogP contribution is -2.36. The maximum atomic E-state index is 12.2. The minimum atomic E-state index is -0.0592. The number of aromatic nitrogens is 2. The van der Waals surface area contributed by atoms with E-state index in [9.17, 15) is 4.79 Å². The highest BCUT2D eigenvalue weighted by molar-refractivity contribution is 5.73. The van der Waals surface area contributed by atoms with Crippen LogP contribution in [0.5, 0.6) is 0 Å². The van der Waals surface area contributed by atoms with Gasteiger partial charge in [0.15, 0.2) is 0 Å². The van der Waals surface area contributed by atoms with Gasteiger partial charge in [0.1, 0.15) is 5.69 Å². The molecule has 1 aromatic carbocycles. The van der Waals surface area contributed by atoms with Gasteiger partial charge in [0.05, 0.1) is 11.0 Å². The number of nitrogens with one attached hydrogen (secondary N) is 2. The van der Waals surface area contributed by atoms with Gasteiger partial charge in [-0.1, -0.05) is 12.1 Å². The third-order valence-corrected chi connectivity index (χ3v) is 4.65. The third-order valence-electron chi connectivity index (χ3n) is 4.65. The Balaban J connectivity index is 1.59. The van der Waals surface area contributed by atoms with E-state index in [0.717, 1.165) is 24.1 Å². The lowest BCUT2D eigenvalue weighted by Gasteiger charge is -2.23. The minimum absolute atomic E-state index is 0.0592. The number of benzene rings is 1. The average Bonchev–Trinajstić information content (AvgIpc) is 2.82. The van der Waals surface area contributed by atoms with E-state index in [2.05, 4.69) is 20.2 Å². The normalized spacial score (nSPS) is 26.1. The lowest BCUT2D eigenvalue weighted by atomic mass is 10.1. The van der Waals surface area contributed by atoms with E-state index >= 15 is 0 Å². The molecule has 2 bridgehead atoms. The van der Waals surface area contributed by atoms with Crippen LogP contribution in [0.3, 0.4) is 0 Å². The number of nitrogens with zero attached hydrogens (tertiary/aromatic N) is 2. The fourth-order valence-corrected chi connectivity index (χ4v) is 3.55. The highest BCUT2D eigenvalue weighted by Crippen LogP contribution is 2.21. The first-order valence-corrected chi connectivity index (χ1v) is 7.74. The Kier molecular flexibility index (Phi) is 3.24. The number of aromatic amines is 1. The van der Waals surface area contributed by atoms with Gasteiger partial charge in [-0.2, -0.15) is 0 Å². The molecule has 5 nitrogen and oxygen atoms in total. The van der Waals surface area contributed by atoms with Crippen molar-refractivity contribution in [2.24, 2.45) is 0 Å². The number of rotatable bonds is 2. The summed E-state index contributed by atoms with van der Waals surface area (Å²) in [7, 11) is 0. The summed E-state index contributed by atoms with van der Waals surface area (Å²) in [6.45, 7) is 2.71. The van der Waals surface area contributed by atoms with Gasteiger partial charge >= 0.3 is 0 Å². The van der Waals surface area contributed by atoms with E-state index < -0.39 is 0 Å². The van der Waals surface area contributed by atoms with Gasteiger partial charge in [0, 0.05) is 31.7 Å². The second kappa shape index (κ2) is 5.24. The van der Waals surface area contributed by atoms with Gasteiger partial charge in [-0.3, -0.25) is 9.69 Å². The van der Waals surface area contributed by atoms with Crippen molar-refractivity contribution in [3.05, 3.63) is 40.3 Å². The molecule has 0 amide bonds. The predicted octanol–water partition coefficient (Wildman–Crippen LogP) is 1.25. The molecule has 2 atom stereocenters. The topological polar surface area (TPSA) is 61.0 Å². The molecule has 0 spiro atoms. The second-order valence-electron chi connectivity index (χ2n) is 6.19. The summed E-state index contributed by atoms with van der Waals surface area (Å²) in [4.78, 5) is 22.0. The Bertz CT molecular complexity index is 711. The zero-order valence-corrected chi connectivity index (χ0v) is 12.0. The van der Waals surface area contributed by atoms with E-state index in [1.165, 1.54) is 19.3 Å². The molecular weight excluding hydrogens is 264 g/mol. The van der Waals surface area contributed by atoms with Gasteiger partial charge in [0.2, 0.25) is 0 Å². The Labute approximate surface area is 123 Å². The SMILES string of the molecule is O=c1[nH]c2ccccc2nc1CN1CCC2CCC(C1)N2. The number of likely N-dealkylation sites (tertiary alicyclic amines) is 1. The summed E-state index contributed by atoms with van der Waals surface area (Å²) < 4.78 is 0. The van der Waals surface area contributed by atoms with Crippen LogP contribution in [0, 0.1) is 0 Å². The largest absolute Gasteiger partial charge is 0.319 e. The molecule has 4 rings (SSSR count). The van der Waals surface area contributed by atoms with Crippen molar-refractivity contribution in [3.8, 4) is 0 Å². The zero-order valence-electron chi connectivity index (χ0n) is 12.0. The van der Waals surface area contributed by atoms with Crippen LogP contribution in [0.4, 0.5) is 0 Å². The van der Waals surface area contributed by atoms with E-state index in [4.69, 9.17) is 0 Å². The second-order valence-corrected chi connectivity index (χ2v) is 6.19. The van der Waals surface area contributed by atoms with E-state index in [1.54, 1.807) is 0 Å². The maximum Gasteiger partial charge on any atom is 0.271 e. The van der Waals surface area contributed by atoms with Gasteiger partial charge in [-0.15, -0.1) is 0 Å². The Morgan fingerprint density at radius 3 is 3.00 bits per heavy atom. The summed E-state index contributed by atoms with van der Waals surface area (Å²) in [6.07, 6.45) is 3.72. The van der Waals surface area contributed by atoms with Crippen LogP contribution in [0.15, 0.2) is 29.1 Å². The average molecular weight is 284 g/mol. The monoisotopic (exact) mass is 284 g/mol. The van der Waals surface area contributed by atoms with Crippen molar-refractivity contribution in [1.29, 1.82) is 0 Å².